The van der Waals surface area contributed by atoms with Crippen molar-refractivity contribution in [3.8, 4) is 11.5 Å². The van der Waals surface area contributed by atoms with E-state index < -0.39 is 0 Å². The van der Waals surface area contributed by atoms with Crippen LogP contribution in [0.25, 0.3) is 10.2 Å². The molecule has 2 aromatic carbocycles. The number of para-hydroxylation sites is 1. The Morgan fingerprint density at radius 1 is 1.18 bits per heavy atom. The van der Waals surface area contributed by atoms with Crippen LogP contribution in [-0.2, 0) is 11.2 Å². The molecule has 0 N–H and O–H groups in total. The third kappa shape index (κ3) is 3.69. The number of likely N-dealkylation sites (tertiary alicyclic amines) is 1. The summed E-state index contributed by atoms with van der Waals surface area (Å²) in [4.78, 5) is 19.7. The Morgan fingerprint density at radius 3 is 2.79 bits per heavy atom. The first kappa shape index (κ1) is 18.7. The van der Waals surface area contributed by atoms with Crippen LogP contribution in [0.3, 0.4) is 0 Å². The van der Waals surface area contributed by atoms with Crippen LogP contribution in [0.1, 0.15) is 35.9 Å². The van der Waals surface area contributed by atoms with Crippen LogP contribution in [0.2, 0.25) is 0 Å². The molecule has 4 rings (SSSR count). The van der Waals surface area contributed by atoms with E-state index in [0.29, 0.717) is 24.3 Å². The fraction of sp³-hybridized carbons (Fsp3) is 0.364. The summed E-state index contributed by atoms with van der Waals surface area (Å²) < 4.78 is 11.8. The van der Waals surface area contributed by atoms with E-state index in [1.165, 1.54) is 4.70 Å². The second-order valence-electron chi connectivity index (χ2n) is 6.95. The number of nitrogens with zero attached hydrogens (tertiary/aromatic N) is 2. The van der Waals surface area contributed by atoms with E-state index in [9.17, 15) is 4.79 Å². The highest BCUT2D eigenvalue weighted by Gasteiger charge is 2.31. The standard InChI is InChI=1S/C22H24N2O3S/c1-26-18-11-9-15(14-19(18)27-2)10-12-21(25)24-13-5-7-17(24)22-23-16-6-3-4-8-20(16)28-22/h3-4,6,8-9,11,14,17H,5,7,10,12-13H2,1-2H3. The van der Waals surface area contributed by atoms with Crippen LogP contribution in [-0.4, -0.2) is 36.6 Å². The number of thiazole rings is 1. The summed E-state index contributed by atoms with van der Waals surface area (Å²) in [6.45, 7) is 0.811. The van der Waals surface area contributed by atoms with Gasteiger partial charge < -0.3 is 14.4 Å². The average molecular weight is 397 g/mol. The molecule has 1 aliphatic rings. The molecule has 5 nitrogen and oxygen atoms in total. The van der Waals surface area contributed by atoms with Gasteiger partial charge in [0.15, 0.2) is 11.5 Å². The molecule has 1 aromatic heterocycles. The number of aromatic nitrogens is 1. The maximum atomic E-state index is 12.9. The fourth-order valence-electron chi connectivity index (χ4n) is 3.79. The molecule has 0 radical (unpaired) electrons. The average Bonchev–Trinajstić information content (AvgIpc) is 3.38. The van der Waals surface area contributed by atoms with Gasteiger partial charge in [-0.2, -0.15) is 0 Å². The van der Waals surface area contributed by atoms with Gasteiger partial charge in [-0.05, 0) is 49.1 Å². The van der Waals surface area contributed by atoms with Crippen LogP contribution in [0.15, 0.2) is 42.5 Å². The smallest absolute Gasteiger partial charge is 0.223 e. The molecular formula is C22H24N2O3S. The quantitative estimate of drug-likeness (QED) is 0.611. The number of rotatable bonds is 6. The molecule has 0 aliphatic carbocycles. The molecule has 2 heterocycles. The van der Waals surface area contributed by atoms with E-state index in [-0.39, 0.29) is 11.9 Å². The lowest BCUT2D eigenvalue weighted by molar-refractivity contribution is -0.132. The topological polar surface area (TPSA) is 51.7 Å². The number of methoxy groups -OCH3 is 2. The van der Waals surface area contributed by atoms with E-state index in [1.807, 2.05) is 41.3 Å². The number of amides is 1. The number of aryl methyl sites for hydroxylation is 1. The summed E-state index contributed by atoms with van der Waals surface area (Å²) in [5.74, 6) is 1.59. The van der Waals surface area contributed by atoms with Gasteiger partial charge in [-0.15, -0.1) is 11.3 Å². The maximum Gasteiger partial charge on any atom is 0.223 e. The second kappa shape index (κ2) is 8.19. The minimum absolute atomic E-state index is 0.107. The van der Waals surface area contributed by atoms with Gasteiger partial charge in [0.1, 0.15) is 5.01 Å². The second-order valence-corrected chi connectivity index (χ2v) is 8.02. The number of carbonyl (C=O) groups excluding carboxylic acids is 1. The van der Waals surface area contributed by atoms with Crippen molar-refractivity contribution in [3.05, 3.63) is 53.0 Å². The van der Waals surface area contributed by atoms with Gasteiger partial charge in [0.25, 0.3) is 0 Å². The SMILES string of the molecule is COc1ccc(CCC(=O)N2CCCC2c2nc3ccccc3s2)cc1OC. The highest BCUT2D eigenvalue weighted by Crippen LogP contribution is 2.37. The Morgan fingerprint density at radius 2 is 2.00 bits per heavy atom. The summed E-state index contributed by atoms with van der Waals surface area (Å²) in [5, 5.41) is 1.05. The number of carbonyl (C=O) groups is 1. The van der Waals surface area contributed by atoms with E-state index in [0.717, 1.165) is 35.5 Å². The largest absolute Gasteiger partial charge is 0.493 e. The fourth-order valence-corrected chi connectivity index (χ4v) is 4.90. The molecule has 1 fully saturated rings. The molecule has 146 valence electrons. The summed E-state index contributed by atoms with van der Waals surface area (Å²) in [5.41, 5.74) is 2.09. The third-order valence-electron chi connectivity index (χ3n) is 5.24. The zero-order valence-electron chi connectivity index (χ0n) is 16.2. The van der Waals surface area contributed by atoms with Crippen molar-refractivity contribution in [2.45, 2.75) is 31.7 Å². The first-order chi connectivity index (χ1) is 13.7. The predicted molar refractivity (Wildman–Crippen MR) is 111 cm³/mol. The minimum Gasteiger partial charge on any atom is -0.493 e. The summed E-state index contributed by atoms with van der Waals surface area (Å²) in [6, 6.07) is 14.1. The molecular weight excluding hydrogens is 372 g/mol. The lowest BCUT2D eigenvalue weighted by Gasteiger charge is -2.23. The van der Waals surface area contributed by atoms with Gasteiger partial charge in [-0.3, -0.25) is 4.79 Å². The van der Waals surface area contributed by atoms with Crippen molar-refractivity contribution in [2.75, 3.05) is 20.8 Å². The number of fused-ring (bicyclic) bond motifs is 1. The van der Waals surface area contributed by atoms with E-state index in [1.54, 1.807) is 25.6 Å². The predicted octanol–water partition coefficient (Wildman–Crippen LogP) is 4.61. The molecule has 0 bridgehead atoms. The molecule has 0 spiro atoms. The molecule has 3 aromatic rings. The summed E-state index contributed by atoms with van der Waals surface area (Å²) >= 11 is 1.70. The van der Waals surface area contributed by atoms with Gasteiger partial charge in [-0.1, -0.05) is 18.2 Å². The van der Waals surface area contributed by atoms with Gasteiger partial charge in [0.05, 0.1) is 30.5 Å². The van der Waals surface area contributed by atoms with Gasteiger partial charge >= 0.3 is 0 Å². The number of benzene rings is 2. The molecule has 6 heteroatoms. The first-order valence-electron chi connectivity index (χ1n) is 9.55. The van der Waals surface area contributed by atoms with Crippen molar-refractivity contribution in [2.24, 2.45) is 0 Å². The number of hydrogen-bond acceptors (Lipinski definition) is 5. The van der Waals surface area contributed by atoms with E-state index in [2.05, 4.69) is 6.07 Å². The molecule has 1 amide bonds. The Bertz CT molecular complexity index is 952. The zero-order chi connectivity index (χ0) is 19.5. The zero-order valence-corrected chi connectivity index (χ0v) is 17.0. The van der Waals surface area contributed by atoms with Gasteiger partial charge in [-0.25, -0.2) is 4.98 Å². The Labute approximate surface area is 168 Å². The van der Waals surface area contributed by atoms with Crippen molar-refractivity contribution >= 4 is 27.5 Å². The van der Waals surface area contributed by atoms with Crippen LogP contribution >= 0.6 is 11.3 Å². The Kier molecular flexibility index (Phi) is 5.48. The minimum atomic E-state index is 0.107. The van der Waals surface area contributed by atoms with Crippen LogP contribution < -0.4 is 9.47 Å². The van der Waals surface area contributed by atoms with E-state index in [4.69, 9.17) is 14.5 Å². The number of ether oxygens (including phenoxy) is 2. The molecule has 1 aliphatic heterocycles. The molecule has 1 saturated heterocycles. The van der Waals surface area contributed by atoms with Crippen LogP contribution in [0.4, 0.5) is 0 Å². The molecule has 1 unspecified atom stereocenters. The van der Waals surface area contributed by atoms with Gasteiger partial charge in [0, 0.05) is 13.0 Å². The molecule has 0 saturated carbocycles. The van der Waals surface area contributed by atoms with Crippen molar-refractivity contribution in [1.29, 1.82) is 0 Å². The number of hydrogen-bond donors (Lipinski definition) is 0. The third-order valence-corrected chi connectivity index (χ3v) is 6.38. The highest BCUT2D eigenvalue weighted by molar-refractivity contribution is 7.18. The highest BCUT2D eigenvalue weighted by atomic mass is 32.1. The Hall–Kier alpha value is -2.60. The van der Waals surface area contributed by atoms with Crippen LogP contribution in [0, 0.1) is 0 Å². The van der Waals surface area contributed by atoms with Crippen molar-refractivity contribution in [1.82, 2.24) is 9.88 Å². The monoisotopic (exact) mass is 396 g/mol. The summed E-state index contributed by atoms with van der Waals surface area (Å²) in [6.07, 6.45) is 3.18. The first-order valence-corrected chi connectivity index (χ1v) is 10.4. The lowest BCUT2D eigenvalue weighted by Crippen LogP contribution is -2.30. The normalized spacial score (nSPS) is 16.5. The lowest BCUT2D eigenvalue weighted by atomic mass is 10.1. The van der Waals surface area contributed by atoms with Crippen molar-refractivity contribution in [3.63, 3.8) is 0 Å². The molecule has 28 heavy (non-hydrogen) atoms. The maximum absolute atomic E-state index is 12.9. The van der Waals surface area contributed by atoms with E-state index >= 15 is 0 Å². The van der Waals surface area contributed by atoms with Crippen LogP contribution in [0.5, 0.6) is 11.5 Å². The van der Waals surface area contributed by atoms with Gasteiger partial charge in [0.2, 0.25) is 5.91 Å². The Balaban J connectivity index is 1.45. The van der Waals surface area contributed by atoms with Crippen molar-refractivity contribution < 1.29 is 14.3 Å². The summed E-state index contributed by atoms with van der Waals surface area (Å²) in [7, 11) is 3.25. The molecule has 1 atom stereocenters.